The molecule has 0 spiro atoms. The quantitative estimate of drug-likeness (QED) is 0.407. The van der Waals surface area contributed by atoms with E-state index in [9.17, 15) is 25.2 Å². The fraction of sp³-hybridized carbons (Fsp3) is 0.500. The third-order valence-electron chi connectivity index (χ3n) is 4.63. The van der Waals surface area contributed by atoms with Gasteiger partial charge in [0, 0.05) is 5.92 Å². The van der Waals surface area contributed by atoms with Gasteiger partial charge in [-0.2, -0.15) is 0 Å². The fourth-order valence-electron chi connectivity index (χ4n) is 3.53. The fourth-order valence-corrected chi connectivity index (χ4v) is 3.53. The summed E-state index contributed by atoms with van der Waals surface area (Å²) in [5, 5.41) is 42.6. The molecule has 0 bridgehead atoms. The van der Waals surface area contributed by atoms with Crippen molar-refractivity contribution in [1.29, 1.82) is 0 Å². The summed E-state index contributed by atoms with van der Waals surface area (Å²) in [5.74, 6) is -0.878. The van der Waals surface area contributed by atoms with E-state index >= 15 is 0 Å². The van der Waals surface area contributed by atoms with Gasteiger partial charge in [0.1, 0.15) is 12.2 Å². The molecule has 0 saturated heterocycles. The topological polar surface area (TPSA) is 128 Å². The predicted octanol–water partition coefficient (Wildman–Crippen LogP) is -1.20. The van der Waals surface area contributed by atoms with Crippen molar-refractivity contribution in [3.8, 4) is 17.2 Å². The van der Waals surface area contributed by atoms with Gasteiger partial charge >= 0.3 is 0 Å². The van der Waals surface area contributed by atoms with Crippen LogP contribution in [-0.2, 0) is 0 Å². The van der Waals surface area contributed by atoms with Crippen LogP contribution >= 0.6 is 0 Å². The molecule has 1 aromatic carbocycles. The summed E-state index contributed by atoms with van der Waals surface area (Å²) in [6.45, 7) is -0.0501. The van der Waals surface area contributed by atoms with E-state index in [1.54, 1.807) is 6.07 Å². The van der Waals surface area contributed by atoms with Crippen LogP contribution in [0.5, 0.6) is 17.2 Å². The first-order valence-corrected chi connectivity index (χ1v) is 6.99. The molecule has 5 N–H and O–H groups in total. The first-order chi connectivity index (χ1) is 10.5. The van der Waals surface area contributed by atoms with E-state index in [-0.39, 0.29) is 30.3 Å². The van der Waals surface area contributed by atoms with E-state index < -0.39 is 36.2 Å². The highest BCUT2D eigenvalue weighted by atomic mass is 16.7. The first kappa shape index (κ1) is 13.6. The molecule has 5 atom stereocenters. The normalized spacial score (nSPS) is 35.6. The maximum absolute atomic E-state index is 12.3. The lowest BCUT2D eigenvalue weighted by Gasteiger charge is -2.44. The second kappa shape index (κ2) is 4.48. The zero-order valence-electron chi connectivity index (χ0n) is 11.4. The number of nitrogens with one attached hydrogen (secondary N) is 1. The van der Waals surface area contributed by atoms with Crippen molar-refractivity contribution in [3.05, 3.63) is 17.2 Å². The van der Waals surface area contributed by atoms with Gasteiger partial charge in [-0.15, -0.1) is 0 Å². The first-order valence-electron chi connectivity index (χ1n) is 6.99. The van der Waals surface area contributed by atoms with Gasteiger partial charge in [-0.3, -0.25) is 4.79 Å². The van der Waals surface area contributed by atoms with Crippen LogP contribution in [0, 0.1) is 0 Å². The molecular weight excluding hydrogens is 294 g/mol. The van der Waals surface area contributed by atoms with Crippen LogP contribution in [0.25, 0.3) is 0 Å². The van der Waals surface area contributed by atoms with Crippen LogP contribution in [0.3, 0.4) is 0 Å². The van der Waals surface area contributed by atoms with Crippen molar-refractivity contribution < 1.29 is 34.7 Å². The number of carbonyl (C=O) groups is 1. The smallest absolute Gasteiger partial charge is 0.255 e. The molecule has 1 aliphatic carbocycles. The van der Waals surface area contributed by atoms with Crippen LogP contribution in [0.1, 0.15) is 28.3 Å². The number of aliphatic hydroxyl groups excluding tert-OH is 3. The van der Waals surface area contributed by atoms with Crippen molar-refractivity contribution in [2.45, 2.75) is 36.7 Å². The lowest BCUT2D eigenvalue weighted by Crippen LogP contribution is -2.61. The Kier molecular flexibility index (Phi) is 2.77. The predicted molar refractivity (Wildman–Crippen MR) is 70.9 cm³/mol. The molecule has 0 aromatic heterocycles. The molecule has 3 aliphatic rings. The summed E-state index contributed by atoms with van der Waals surface area (Å²) in [6.07, 6.45) is -3.59. The molecule has 8 heteroatoms. The number of phenols is 1. The molecule has 8 nitrogen and oxygen atoms in total. The Morgan fingerprint density at radius 3 is 2.73 bits per heavy atom. The summed E-state index contributed by atoms with van der Waals surface area (Å²) in [7, 11) is 0. The number of rotatable bonds is 0. The number of hydrogen-bond acceptors (Lipinski definition) is 7. The summed E-state index contributed by atoms with van der Waals surface area (Å²) in [6, 6.07) is 0.850. The van der Waals surface area contributed by atoms with Crippen molar-refractivity contribution in [2.75, 3.05) is 6.79 Å². The number of aromatic hydroxyl groups is 1. The summed E-state index contributed by atoms with van der Waals surface area (Å²) >= 11 is 0. The molecular formula is C14H15NO7. The second-order valence-electron chi connectivity index (χ2n) is 5.81. The van der Waals surface area contributed by atoms with Gasteiger partial charge in [0.2, 0.25) is 12.5 Å². The zero-order valence-corrected chi connectivity index (χ0v) is 11.4. The number of carbonyl (C=O) groups excluding carboxylic acids is 1. The minimum absolute atomic E-state index is 0.0501. The van der Waals surface area contributed by atoms with Crippen LogP contribution in [-0.4, -0.2) is 57.5 Å². The molecule has 22 heavy (non-hydrogen) atoms. The van der Waals surface area contributed by atoms with Crippen LogP contribution in [0.15, 0.2) is 6.07 Å². The van der Waals surface area contributed by atoms with Gasteiger partial charge in [0.05, 0.1) is 17.7 Å². The third-order valence-corrected chi connectivity index (χ3v) is 4.63. The molecule has 4 rings (SSSR count). The Hall–Kier alpha value is -2.03. The van der Waals surface area contributed by atoms with Gasteiger partial charge in [-0.25, -0.2) is 0 Å². The number of benzene rings is 1. The summed E-state index contributed by atoms with van der Waals surface area (Å²) < 4.78 is 10.4. The lowest BCUT2D eigenvalue weighted by atomic mass is 9.72. The minimum Gasteiger partial charge on any atom is -0.504 e. The zero-order chi connectivity index (χ0) is 15.6. The molecule has 1 amide bonds. The maximum atomic E-state index is 12.3. The molecule has 0 unspecified atom stereocenters. The van der Waals surface area contributed by atoms with Crippen LogP contribution < -0.4 is 14.8 Å². The van der Waals surface area contributed by atoms with E-state index in [0.29, 0.717) is 11.3 Å². The van der Waals surface area contributed by atoms with Crippen LogP contribution in [0.4, 0.5) is 0 Å². The van der Waals surface area contributed by atoms with Crippen LogP contribution in [0.2, 0.25) is 0 Å². The molecule has 2 aliphatic heterocycles. The van der Waals surface area contributed by atoms with Gasteiger partial charge in [-0.05, 0) is 18.1 Å². The number of aliphatic hydroxyl groups is 3. The largest absolute Gasteiger partial charge is 0.504 e. The summed E-state index contributed by atoms with van der Waals surface area (Å²) in [5.41, 5.74) is 0.529. The van der Waals surface area contributed by atoms with Crippen molar-refractivity contribution in [3.63, 3.8) is 0 Å². The average Bonchev–Trinajstić information content (AvgIpc) is 2.95. The lowest BCUT2D eigenvalue weighted by molar-refractivity contribution is -0.104. The number of amides is 1. The maximum Gasteiger partial charge on any atom is 0.255 e. The van der Waals surface area contributed by atoms with Crippen molar-refractivity contribution >= 4 is 5.91 Å². The molecule has 1 saturated carbocycles. The summed E-state index contributed by atoms with van der Waals surface area (Å²) in [4.78, 5) is 12.3. The number of fused-ring (bicyclic) bond motifs is 4. The van der Waals surface area contributed by atoms with Gasteiger partial charge in [0.15, 0.2) is 11.5 Å². The number of hydrogen-bond donors (Lipinski definition) is 5. The SMILES string of the molecule is O=C1N[C@@H]2[C@H](O)[C@H](O)[C@@H](O)C[C@H]2c2cc3c(c(O)c21)OCO3. The molecule has 118 valence electrons. The Morgan fingerprint density at radius 2 is 1.95 bits per heavy atom. The van der Waals surface area contributed by atoms with E-state index in [1.165, 1.54) is 0 Å². The molecule has 1 fully saturated rings. The Bertz CT molecular complexity index is 661. The number of ether oxygens (including phenoxy) is 2. The van der Waals surface area contributed by atoms with Gasteiger partial charge in [0.25, 0.3) is 5.91 Å². The van der Waals surface area contributed by atoms with Crippen molar-refractivity contribution in [1.82, 2.24) is 5.32 Å². The monoisotopic (exact) mass is 309 g/mol. The minimum atomic E-state index is -1.33. The van der Waals surface area contributed by atoms with E-state index in [2.05, 4.69) is 5.32 Å². The van der Waals surface area contributed by atoms with Crippen molar-refractivity contribution in [2.24, 2.45) is 0 Å². The second-order valence-corrected chi connectivity index (χ2v) is 5.81. The highest BCUT2D eigenvalue weighted by Gasteiger charge is 2.49. The molecule has 1 aromatic rings. The highest BCUT2D eigenvalue weighted by molar-refractivity contribution is 6.01. The van der Waals surface area contributed by atoms with Gasteiger partial charge in [-0.1, -0.05) is 0 Å². The van der Waals surface area contributed by atoms with E-state index in [1.807, 2.05) is 0 Å². The van der Waals surface area contributed by atoms with E-state index in [0.717, 1.165) is 0 Å². The Morgan fingerprint density at radius 1 is 1.18 bits per heavy atom. The molecule has 0 radical (unpaired) electrons. The highest BCUT2D eigenvalue weighted by Crippen LogP contribution is 2.49. The molecule has 2 heterocycles. The average molecular weight is 309 g/mol. The Balaban J connectivity index is 1.87. The van der Waals surface area contributed by atoms with E-state index in [4.69, 9.17) is 9.47 Å². The number of phenolic OH excluding ortho intramolecular Hbond substituents is 1. The standard InChI is InChI=1S/C14H15NO7/c16-6-1-5-4-2-7-13(22-3-21-7)11(18)8(4)14(20)15-9(5)12(19)10(6)17/h2,5-6,9-10,12,16-19H,1,3H2,(H,15,20)/t5-,6-,9-,10+,12-/m0/s1. The van der Waals surface area contributed by atoms with Gasteiger partial charge < -0.3 is 35.2 Å². The third kappa shape index (κ3) is 1.65. The Labute approximate surface area is 124 Å².